The van der Waals surface area contributed by atoms with E-state index < -0.39 is 36.8 Å². The second-order valence-electron chi connectivity index (χ2n) is 6.75. The number of aliphatic hydroxyl groups is 4. The Kier molecular flexibility index (Phi) is 4.52. The van der Waals surface area contributed by atoms with Gasteiger partial charge in [-0.3, -0.25) is 4.98 Å². The first-order valence-electron chi connectivity index (χ1n) is 8.53. The molecule has 5 atom stereocenters. The van der Waals surface area contributed by atoms with E-state index in [1.54, 1.807) is 12.4 Å². The lowest BCUT2D eigenvalue weighted by Gasteiger charge is -2.46. The van der Waals surface area contributed by atoms with Crippen molar-refractivity contribution in [1.29, 1.82) is 0 Å². The Morgan fingerprint density at radius 3 is 2.69 bits per heavy atom. The molecule has 1 saturated heterocycles. The van der Waals surface area contributed by atoms with Crippen LogP contribution in [0.5, 0.6) is 0 Å². The number of hydrogen-bond acceptors (Lipinski definition) is 7. The van der Waals surface area contributed by atoms with Crippen LogP contribution >= 0.6 is 0 Å². The van der Waals surface area contributed by atoms with E-state index in [1.165, 1.54) is 0 Å². The van der Waals surface area contributed by atoms with E-state index in [2.05, 4.69) is 4.98 Å². The second kappa shape index (κ2) is 6.70. The van der Waals surface area contributed by atoms with Gasteiger partial charge in [0.05, 0.1) is 13.2 Å². The fraction of sp³-hybridized carbons (Fsp3) is 0.421. The molecule has 2 aliphatic heterocycles. The van der Waals surface area contributed by atoms with Gasteiger partial charge in [-0.15, -0.1) is 0 Å². The minimum atomic E-state index is -1.60. The minimum absolute atomic E-state index is 0.209. The van der Waals surface area contributed by atoms with Crippen LogP contribution in [0.25, 0.3) is 0 Å². The van der Waals surface area contributed by atoms with Gasteiger partial charge in [0.25, 0.3) is 0 Å². The van der Waals surface area contributed by atoms with E-state index in [9.17, 15) is 20.4 Å². The first kappa shape index (κ1) is 17.5. The molecule has 7 heteroatoms. The zero-order valence-electron chi connectivity index (χ0n) is 14.0. The standard InChI is InChI=1S/C19H21NO6/c21-9-15-16(22)17(23)18(24)19(26-15)14-7-11(3-4-13(14)10-25-19)6-12-2-1-5-20-8-12/h1-5,7-8,15-18,21-24H,6,9-10H2/t15-,16-,17+,18-,19+/m1/s1. The molecule has 0 radical (unpaired) electrons. The van der Waals surface area contributed by atoms with Gasteiger partial charge in [0, 0.05) is 18.0 Å². The molecule has 0 amide bonds. The van der Waals surface area contributed by atoms with Gasteiger partial charge >= 0.3 is 0 Å². The number of aromatic nitrogens is 1. The monoisotopic (exact) mass is 359 g/mol. The summed E-state index contributed by atoms with van der Waals surface area (Å²) in [6.07, 6.45) is -1.28. The maximum Gasteiger partial charge on any atom is 0.225 e. The Bertz CT molecular complexity index is 783. The Morgan fingerprint density at radius 2 is 1.96 bits per heavy atom. The van der Waals surface area contributed by atoms with Crippen molar-refractivity contribution in [2.45, 2.75) is 43.2 Å². The molecule has 0 unspecified atom stereocenters. The van der Waals surface area contributed by atoms with E-state index in [0.717, 1.165) is 16.7 Å². The summed E-state index contributed by atoms with van der Waals surface area (Å²) >= 11 is 0. The molecule has 4 rings (SSSR count). The van der Waals surface area contributed by atoms with Crippen LogP contribution in [0.4, 0.5) is 0 Å². The number of pyridine rings is 1. The van der Waals surface area contributed by atoms with Gasteiger partial charge in [-0.25, -0.2) is 0 Å². The molecule has 7 nitrogen and oxygen atoms in total. The Morgan fingerprint density at radius 1 is 1.12 bits per heavy atom. The van der Waals surface area contributed by atoms with Crippen LogP contribution in [0, 0.1) is 0 Å². The van der Waals surface area contributed by atoms with Crippen LogP contribution in [0.1, 0.15) is 22.3 Å². The molecule has 1 aromatic carbocycles. The highest BCUT2D eigenvalue weighted by molar-refractivity contribution is 5.40. The van der Waals surface area contributed by atoms with Crippen molar-refractivity contribution in [2.24, 2.45) is 0 Å². The number of aliphatic hydroxyl groups excluding tert-OH is 4. The number of fused-ring (bicyclic) bond motifs is 2. The van der Waals surface area contributed by atoms with Gasteiger partial charge in [-0.05, 0) is 35.2 Å². The summed E-state index contributed by atoms with van der Waals surface area (Å²) in [5.74, 6) is -1.60. The molecule has 138 valence electrons. The van der Waals surface area contributed by atoms with Crippen LogP contribution in [-0.2, 0) is 28.3 Å². The van der Waals surface area contributed by atoms with Crippen LogP contribution in [0.3, 0.4) is 0 Å². The molecule has 1 spiro atoms. The third-order valence-electron chi connectivity index (χ3n) is 5.07. The summed E-state index contributed by atoms with van der Waals surface area (Å²) in [6.45, 7) is -0.290. The lowest BCUT2D eigenvalue weighted by Crippen LogP contribution is -2.63. The van der Waals surface area contributed by atoms with Crippen LogP contribution in [0.2, 0.25) is 0 Å². The topological polar surface area (TPSA) is 112 Å². The average molecular weight is 359 g/mol. The smallest absolute Gasteiger partial charge is 0.225 e. The highest BCUT2D eigenvalue weighted by Gasteiger charge is 2.58. The quantitative estimate of drug-likeness (QED) is 0.602. The van der Waals surface area contributed by atoms with Crippen LogP contribution in [0.15, 0.2) is 42.7 Å². The van der Waals surface area contributed by atoms with Crippen molar-refractivity contribution in [1.82, 2.24) is 4.98 Å². The lowest BCUT2D eigenvalue weighted by atomic mass is 9.86. The van der Waals surface area contributed by atoms with E-state index >= 15 is 0 Å². The van der Waals surface area contributed by atoms with E-state index in [-0.39, 0.29) is 6.61 Å². The van der Waals surface area contributed by atoms with E-state index in [0.29, 0.717) is 12.0 Å². The molecule has 0 saturated carbocycles. The molecule has 2 aromatic rings. The summed E-state index contributed by atoms with van der Waals surface area (Å²) in [5, 5.41) is 40.3. The SMILES string of the molecule is OC[C@H]1O[C@]2(OCc3ccc(Cc4cccnc4)cc32)[C@H](O)[C@@H](O)[C@@H]1O. The largest absolute Gasteiger partial charge is 0.394 e. The zero-order chi connectivity index (χ0) is 18.3. The van der Waals surface area contributed by atoms with Gasteiger partial charge in [0.2, 0.25) is 5.79 Å². The number of benzene rings is 1. The maximum atomic E-state index is 10.6. The molecule has 0 aliphatic carbocycles. The number of ether oxygens (including phenoxy) is 2. The highest BCUT2D eigenvalue weighted by Crippen LogP contribution is 2.46. The highest BCUT2D eigenvalue weighted by atomic mass is 16.7. The predicted molar refractivity (Wildman–Crippen MR) is 89.9 cm³/mol. The van der Waals surface area contributed by atoms with Crippen LogP contribution < -0.4 is 0 Å². The van der Waals surface area contributed by atoms with Gasteiger partial charge < -0.3 is 29.9 Å². The molecule has 2 aliphatic rings. The maximum absolute atomic E-state index is 10.6. The van der Waals surface area contributed by atoms with Crippen molar-refractivity contribution < 1.29 is 29.9 Å². The third kappa shape index (κ3) is 2.73. The predicted octanol–water partition coefficient (Wildman–Crippen LogP) is -0.171. The van der Waals surface area contributed by atoms with Gasteiger partial charge in [0.15, 0.2) is 0 Å². The summed E-state index contributed by atoms with van der Waals surface area (Å²) in [6, 6.07) is 9.58. The molecule has 1 fully saturated rings. The van der Waals surface area contributed by atoms with E-state index in [4.69, 9.17) is 9.47 Å². The normalized spacial score (nSPS) is 33.4. The van der Waals surface area contributed by atoms with Crippen molar-refractivity contribution in [3.05, 3.63) is 65.0 Å². The molecule has 26 heavy (non-hydrogen) atoms. The van der Waals surface area contributed by atoms with Gasteiger partial charge in [-0.1, -0.05) is 18.2 Å². The number of rotatable bonds is 3. The fourth-order valence-electron chi connectivity index (χ4n) is 3.67. The molecular formula is C19H21NO6. The zero-order valence-corrected chi connectivity index (χ0v) is 14.0. The van der Waals surface area contributed by atoms with Crippen molar-refractivity contribution >= 4 is 0 Å². The third-order valence-corrected chi connectivity index (χ3v) is 5.07. The average Bonchev–Trinajstić information content (AvgIpc) is 3.03. The molecule has 3 heterocycles. The first-order valence-corrected chi connectivity index (χ1v) is 8.53. The molecule has 4 N–H and O–H groups in total. The fourth-order valence-corrected chi connectivity index (χ4v) is 3.67. The number of hydrogen-bond donors (Lipinski definition) is 4. The lowest BCUT2D eigenvalue weighted by molar-refractivity contribution is -0.368. The summed E-state index contributed by atoms with van der Waals surface area (Å²) in [7, 11) is 0. The molecule has 0 bridgehead atoms. The van der Waals surface area contributed by atoms with E-state index in [1.807, 2.05) is 30.3 Å². The Hall–Kier alpha value is -1.87. The Balaban J connectivity index is 1.70. The Labute approximate surface area is 150 Å². The molecule has 1 aromatic heterocycles. The van der Waals surface area contributed by atoms with Crippen molar-refractivity contribution in [3.8, 4) is 0 Å². The van der Waals surface area contributed by atoms with Crippen molar-refractivity contribution in [3.63, 3.8) is 0 Å². The van der Waals surface area contributed by atoms with Gasteiger partial charge in [0.1, 0.15) is 24.4 Å². The summed E-state index contributed by atoms with van der Waals surface area (Å²) in [4.78, 5) is 4.11. The number of nitrogens with zero attached hydrogens (tertiary/aromatic N) is 1. The summed E-state index contributed by atoms with van der Waals surface area (Å²) < 4.78 is 11.5. The first-order chi connectivity index (χ1) is 12.5. The van der Waals surface area contributed by atoms with Crippen molar-refractivity contribution in [2.75, 3.05) is 6.61 Å². The second-order valence-corrected chi connectivity index (χ2v) is 6.75. The minimum Gasteiger partial charge on any atom is -0.394 e. The van der Waals surface area contributed by atoms with Crippen LogP contribution in [-0.4, -0.2) is 56.4 Å². The summed E-state index contributed by atoms with van der Waals surface area (Å²) in [5.41, 5.74) is 3.45. The van der Waals surface area contributed by atoms with Gasteiger partial charge in [-0.2, -0.15) is 0 Å². The molecular weight excluding hydrogens is 338 g/mol.